The molecule has 0 radical (unpaired) electrons. The van der Waals surface area contributed by atoms with Gasteiger partial charge in [-0.1, -0.05) is 49.7 Å². The van der Waals surface area contributed by atoms with Gasteiger partial charge in [-0.05, 0) is 35.7 Å². The molecule has 0 amide bonds. The Morgan fingerprint density at radius 3 is 2.42 bits per heavy atom. The molecule has 0 aliphatic heterocycles. The van der Waals surface area contributed by atoms with E-state index in [9.17, 15) is 18.3 Å². The number of ether oxygens (including phenoxy) is 1. The molecule has 0 saturated carbocycles. The zero-order valence-corrected chi connectivity index (χ0v) is 18.8. The van der Waals surface area contributed by atoms with Crippen LogP contribution in [0.1, 0.15) is 19.4 Å². The van der Waals surface area contributed by atoms with Crippen LogP contribution in [0.15, 0.2) is 54.6 Å². The summed E-state index contributed by atoms with van der Waals surface area (Å²) in [6.45, 7) is 4.19. The number of hydrogen-bond donors (Lipinski definition) is 3. The fraction of sp³-hybridized carbons (Fsp3) is 0.304. The van der Waals surface area contributed by atoms with Crippen LogP contribution in [0.3, 0.4) is 0 Å². The van der Waals surface area contributed by atoms with Gasteiger partial charge >= 0.3 is 6.36 Å². The van der Waals surface area contributed by atoms with E-state index in [1.54, 1.807) is 24.3 Å². The maximum atomic E-state index is 12.6. The summed E-state index contributed by atoms with van der Waals surface area (Å²) in [7, 11) is 0. The third-order valence-electron chi connectivity index (χ3n) is 4.79. The molecule has 1 aromatic heterocycles. The Morgan fingerprint density at radius 2 is 1.79 bits per heavy atom. The minimum Gasteiger partial charge on any atom is -0.406 e. The predicted octanol–water partition coefficient (Wildman–Crippen LogP) is 5.74. The number of halogens is 4. The second kappa shape index (κ2) is 10.7. The van der Waals surface area contributed by atoms with Crippen molar-refractivity contribution in [1.82, 2.24) is 9.97 Å². The van der Waals surface area contributed by atoms with Gasteiger partial charge in [-0.25, -0.2) is 4.98 Å². The standard InChI is InChI=1S/C23H24ClF3N4O2/c1-14(2)20(13-32)30-22-29-19(16-4-3-5-18(10-16)33-23(25,26)27)11-21(31-22)28-12-15-6-8-17(24)9-7-15/h3-11,14,20,32H,12-13H2,1-2H3,(H2,28,29,30,31)/t20-/m1/s1. The van der Waals surface area contributed by atoms with E-state index in [4.69, 9.17) is 11.6 Å². The topological polar surface area (TPSA) is 79.3 Å². The summed E-state index contributed by atoms with van der Waals surface area (Å²) in [5, 5.41) is 16.6. The molecule has 3 aromatic rings. The SMILES string of the molecule is CC(C)[C@@H](CO)Nc1nc(NCc2ccc(Cl)cc2)cc(-c2cccc(OC(F)(F)F)c2)n1. The summed E-state index contributed by atoms with van der Waals surface area (Å²) in [6, 6.07) is 14.2. The molecular formula is C23H24ClF3N4O2. The minimum atomic E-state index is -4.80. The maximum Gasteiger partial charge on any atom is 0.573 e. The highest BCUT2D eigenvalue weighted by Crippen LogP contribution is 2.29. The number of rotatable bonds is 9. The van der Waals surface area contributed by atoms with Gasteiger partial charge < -0.3 is 20.5 Å². The number of hydrogen-bond acceptors (Lipinski definition) is 6. The summed E-state index contributed by atoms with van der Waals surface area (Å²) >= 11 is 5.93. The van der Waals surface area contributed by atoms with Crippen LogP contribution in [0.5, 0.6) is 5.75 Å². The Balaban J connectivity index is 1.92. The smallest absolute Gasteiger partial charge is 0.406 e. The van der Waals surface area contributed by atoms with Crippen molar-refractivity contribution in [2.75, 3.05) is 17.2 Å². The lowest BCUT2D eigenvalue weighted by molar-refractivity contribution is -0.274. The van der Waals surface area contributed by atoms with Crippen LogP contribution < -0.4 is 15.4 Å². The Hall–Kier alpha value is -3.04. The lowest BCUT2D eigenvalue weighted by atomic mass is 10.1. The van der Waals surface area contributed by atoms with Gasteiger partial charge in [0.2, 0.25) is 5.95 Å². The van der Waals surface area contributed by atoms with Gasteiger partial charge in [0.05, 0.1) is 18.3 Å². The summed E-state index contributed by atoms with van der Waals surface area (Å²) in [5.74, 6) is 0.441. The van der Waals surface area contributed by atoms with Gasteiger partial charge in [0.1, 0.15) is 11.6 Å². The van der Waals surface area contributed by atoms with Crippen LogP contribution in [0.2, 0.25) is 5.02 Å². The first-order valence-corrected chi connectivity index (χ1v) is 10.6. The lowest BCUT2D eigenvalue weighted by Gasteiger charge is -2.21. The van der Waals surface area contributed by atoms with Crippen molar-refractivity contribution < 1.29 is 23.0 Å². The van der Waals surface area contributed by atoms with Crippen LogP contribution in [-0.4, -0.2) is 34.1 Å². The first-order chi connectivity index (χ1) is 15.6. The molecule has 2 aromatic carbocycles. The van der Waals surface area contributed by atoms with Crippen molar-refractivity contribution in [1.29, 1.82) is 0 Å². The van der Waals surface area contributed by atoms with Gasteiger partial charge in [-0.2, -0.15) is 4.98 Å². The highest BCUT2D eigenvalue weighted by atomic mass is 35.5. The number of nitrogens with zero attached hydrogens (tertiary/aromatic N) is 2. The van der Waals surface area contributed by atoms with Crippen molar-refractivity contribution >= 4 is 23.4 Å². The van der Waals surface area contributed by atoms with Crippen molar-refractivity contribution in [3.8, 4) is 17.0 Å². The van der Waals surface area contributed by atoms with E-state index in [2.05, 4.69) is 25.3 Å². The summed E-state index contributed by atoms with van der Waals surface area (Å²) in [6.07, 6.45) is -4.80. The van der Waals surface area contributed by atoms with Gasteiger partial charge in [0, 0.05) is 23.2 Å². The molecule has 10 heteroatoms. The fourth-order valence-corrected chi connectivity index (χ4v) is 3.11. The van der Waals surface area contributed by atoms with Crippen LogP contribution in [0.4, 0.5) is 24.9 Å². The number of nitrogens with one attached hydrogen (secondary N) is 2. The van der Waals surface area contributed by atoms with Gasteiger partial charge in [0.15, 0.2) is 0 Å². The third kappa shape index (κ3) is 7.50. The molecule has 0 unspecified atom stereocenters. The van der Waals surface area contributed by atoms with Crippen molar-refractivity contribution in [3.05, 3.63) is 65.2 Å². The molecule has 1 atom stereocenters. The molecule has 1 heterocycles. The third-order valence-corrected chi connectivity index (χ3v) is 5.04. The number of benzene rings is 2. The van der Waals surface area contributed by atoms with Crippen LogP contribution >= 0.6 is 11.6 Å². The number of alkyl halides is 3. The van der Waals surface area contributed by atoms with E-state index in [1.807, 2.05) is 26.0 Å². The summed E-state index contributed by atoms with van der Waals surface area (Å²) < 4.78 is 42.0. The van der Waals surface area contributed by atoms with E-state index < -0.39 is 6.36 Å². The zero-order valence-electron chi connectivity index (χ0n) is 18.0. The summed E-state index contributed by atoms with van der Waals surface area (Å²) in [5.41, 5.74) is 1.77. The average molecular weight is 481 g/mol. The first kappa shape index (κ1) is 24.6. The predicted molar refractivity (Wildman–Crippen MR) is 122 cm³/mol. The molecule has 0 bridgehead atoms. The molecule has 0 aliphatic rings. The molecular weight excluding hydrogens is 457 g/mol. The monoisotopic (exact) mass is 480 g/mol. The Morgan fingerprint density at radius 1 is 1.06 bits per heavy atom. The molecule has 6 nitrogen and oxygen atoms in total. The highest BCUT2D eigenvalue weighted by Gasteiger charge is 2.31. The molecule has 33 heavy (non-hydrogen) atoms. The number of aliphatic hydroxyl groups is 1. The maximum absolute atomic E-state index is 12.6. The molecule has 0 saturated heterocycles. The molecule has 0 fully saturated rings. The fourth-order valence-electron chi connectivity index (χ4n) is 2.99. The second-order valence-corrected chi connectivity index (χ2v) is 8.13. The Kier molecular flexibility index (Phi) is 7.99. The Labute approximate surface area is 194 Å². The second-order valence-electron chi connectivity index (χ2n) is 7.70. The average Bonchev–Trinajstić information content (AvgIpc) is 2.76. The van der Waals surface area contributed by atoms with Gasteiger partial charge in [0.25, 0.3) is 0 Å². The van der Waals surface area contributed by atoms with E-state index in [0.29, 0.717) is 28.6 Å². The van der Waals surface area contributed by atoms with Gasteiger partial charge in [-0.15, -0.1) is 13.2 Å². The van der Waals surface area contributed by atoms with Crippen LogP contribution in [0, 0.1) is 5.92 Å². The normalized spacial score (nSPS) is 12.5. The van der Waals surface area contributed by atoms with Gasteiger partial charge in [-0.3, -0.25) is 0 Å². The summed E-state index contributed by atoms with van der Waals surface area (Å²) in [4.78, 5) is 8.91. The molecule has 0 aliphatic carbocycles. The largest absolute Gasteiger partial charge is 0.573 e. The number of aliphatic hydroxyl groups excluding tert-OH is 1. The highest BCUT2D eigenvalue weighted by molar-refractivity contribution is 6.30. The van der Waals surface area contributed by atoms with Crippen LogP contribution in [-0.2, 0) is 6.54 Å². The quantitative estimate of drug-likeness (QED) is 0.362. The lowest BCUT2D eigenvalue weighted by Crippen LogP contribution is -2.30. The van der Waals surface area contributed by atoms with E-state index in [0.717, 1.165) is 5.56 Å². The number of anilines is 2. The molecule has 3 rings (SSSR count). The van der Waals surface area contributed by atoms with Crippen molar-refractivity contribution in [2.45, 2.75) is 32.8 Å². The molecule has 3 N–H and O–H groups in total. The van der Waals surface area contributed by atoms with E-state index >= 15 is 0 Å². The molecule has 0 spiro atoms. The minimum absolute atomic E-state index is 0.0937. The first-order valence-electron chi connectivity index (χ1n) is 10.2. The van der Waals surface area contributed by atoms with E-state index in [-0.39, 0.29) is 30.3 Å². The Bertz CT molecular complexity index is 1060. The van der Waals surface area contributed by atoms with Crippen molar-refractivity contribution in [3.63, 3.8) is 0 Å². The van der Waals surface area contributed by atoms with E-state index in [1.165, 1.54) is 18.2 Å². The van der Waals surface area contributed by atoms with Crippen molar-refractivity contribution in [2.24, 2.45) is 5.92 Å². The zero-order chi connectivity index (χ0) is 24.0. The molecule has 176 valence electrons. The van der Waals surface area contributed by atoms with Crippen LogP contribution in [0.25, 0.3) is 11.3 Å². The number of aromatic nitrogens is 2.